The molecule has 8 aliphatic rings. The average Bonchev–Trinajstić information content (AvgIpc) is 2.43. The van der Waals surface area contributed by atoms with E-state index in [0.717, 1.165) is 41.4 Å². The van der Waals surface area contributed by atoms with Gasteiger partial charge >= 0.3 is 5.97 Å². The number of carbonyl (C=O) groups excluding carboxylic acids is 1. The molecule has 4 atom stereocenters. The van der Waals surface area contributed by atoms with Crippen molar-refractivity contribution < 1.29 is 9.53 Å². The maximum Gasteiger partial charge on any atom is 0.303 e. The highest BCUT2D eigenvalue weighted by Crippen LogP contribution is 2.77. The zero-order chi connectivity index (χ0) is 15.4. The van der Waals surface area contributed by atoms with Crippen LogP contribution in [0.3, 0.4) is 0 Å². The first-order chi connectivity index (χ1) is 11.1. The third-order valence-corrected chi connectivity index (χ3v) is 9.43. The molecule has 0 saturated heterocycles. The van der Waals surface area contributed by atoms with Crippen LogP contribution in [0, 0.1) is 46.8 Å². The van der Waals surface area contributed by atoms with Gasteiger partial charge in [0.15, 0.2) is 0 Å². The Morgan fingerprint density at radius 1 is 0.739 bits per heavy atom. The monoisotopic (exact) mass is 314 g/mol. The lowest BCUT2D eigenvalue weighted by molar-refractivity contribution is -0.312. The van der Waals surface area contributed by atoms with E-state index >= 15 is 0 Å². The van der Waals surface area contributed by atoms with Gasteiger partial charge in [0.2, 0.25) is 0 Å². The third-order valence-electron chi connectivity index (χ3n) is 9.43. The van der Waals surface area contributed by atoms with Gasteiger partial charge in [-0.3, -0.25) is 4.79 Å². The molecule has 1 spiro atoms. The van der Waals surface area contributed by atoms with Crippen LogP contribution in [0.2, 0.25) is 0 Å². The summed E-state index contributed by atoms with van der Waals surface area (Å²) in [5.41, 5.74) is 0.329. The second kappa shape index (κ2) is 4.17. The Hall–Kier alpha value is -0.530. The summed E-state index contributed by atoms with van der Waals surface area (Å²) in [5.74, 6) is 6.36. The number of carbonyl (C=O) groups is 1. The van der Waals surface area contributed by atoms with Gasteiger partial charge < -0.3 is 4.74 Å². The van der Waals surface area contributed by atoms with Gasteiger partial charge in [-0.05, 0) is 106 Å². The van der Waals surface area contributed by atoms with Crippen LogP contribution >= 0.6 is 0 Å². The van der Waals surface area contributed by atoms with Crippen LogP contribution in [-0.4, -0.2) is 11.6 Å². The molecule has 8 saturated carbocycles. The van der Waals surface area contributed by atoms with Gasteiger partial charge in [0.05, 0.1) is 0 Å². The van der Waals surface area contributed by atoms with Crippen molar-refractivity contribution in [1.29, 1.82) is 0 Å². The van der Waals surface area contributed by atoms with Crippen LogP contribution in [0.1, 0.15) is 71.1 Å². The quantitative estimate of drug-likeness (QED) is 0.663. The summed E-state index contributed by atoms with van der Waals surface area (Å²) in [6.45, 7) is 1.67. The second-order valence-corrected chi connectivity index (χ2v) is 10.4. The predicted molar refractivity (Wildman–Crippen MR) is 87.5 cm³/mol. The van der Waals surface area contributed by atoms with Crippen molar-refractivity contribution in [3.63, 3.8) is 0 Å². The summed E-state index contributed by atoms with van der Waals surface area (Å²) >= 11 is 0. The highest BCUT2D eigenvalue weighted by molar-refractivity contribution is 5.67. The molecule has 23 heavy (non-hydrogen) atoms. The lowest BCUT2D eigenvalue weighted by atomic mass is 9.31. The lowest BCUT2D eigenvalue weighted by Crippen LogP contribution is -2.74. The number of hydrogen-bond acceptors (Lipinski definition) is 2. The Balaban J connectivity index is 1.52. The van der Waals surface area contributed by atoms with Gasteiger partial charge in [0, 0.05) is 12.3 Å². The summed E-state index contributed by atoms with van der Waals surface area (Å²) in [4.78, 5) is 12.1. The van der Waals surface area contributed by atoms with E-state index in [9.17, 15) is 4.79 Å². The largest absolute Gasteiger partial charge is 0.459 e. The maximum atomic E-state index is 12.1. The number of esters is 1. The van der Waals surface area contributed by atoms with Crippen molar-refractivity contribution in [2.24, 2.45) is 46.8 Å². The minimum Gasteiger partial charge on any atom is -0.459 e. The van der Waals surface area contributed by atoms with Crippen LogP contribution in [-0.2, 0) is 9.53 Å². The van der Waals surface area contributed by atoms with Gasteiger partial charge in [-0.2, -0.15) is 0 Å². The predicted octanol–water partition coefficient (Wildman–Crippen LogP) is 4.57. The Labute approximate surface area is 139 Å². The highest BCUT2D eigenvalue weighted by atomic mass is 16.6. The van der Waals surface area contributed by atoms with Crippen molar-refractivity contribution in [3.05, 3.63) is 0 Å². The van der Waals surface area contributed by atoms with Gasteiger partial charge in [-0.15, -0.1) is 0 Å². The fraction of sp³-hybridized carbons (Fsp3) is 0.952. The molecule has 2 nitrogen and oxygen atoms in total. The molecule has 2 heteroatoms. The van der Waals surface area contributed by atoms with E-state index in [1.165, 1.54) is 64.2 Å². The van der Waals surface area contributed by atoms with Crippen molar-refractivity contribution in [3.8, 4) is 0 Å². The second-order valence-electron chi connectivity index (χ2n) is 10.4. The molecule has 126 valence electrons. The molecule has 0 amide bonds. The number of hydrogen-bond donors (Lipinski definition) is 0. The molecule has 0 radical (unpaired) electrons. The van der Waals surface area contributed by atoms with Crippen LogP contribution < -0.4 is 0 Å². The molecule has 2 unspecified atom stereocenters. The molecule has 8 aliphatic carbocycles. The van der Waals surface area contributed by atoms with E-state index in [1.807, 2.05) is 0 Å². The molecule has 0 aromatic rings. The summed E-state index contributed by atoms with van der Waals surface area (Å²) in [7, 11) is 0. The molecule has 8 rings (SSSR count). The summed E-state index contributed by atoms with van der Waals surface area (Å²) < 4.78 is 6.39. The maximum absolute atomic E-state index is 12.1. The minimum absolute atomic E-state index is 0.000122. The zero-order valence-corrected chi connectivity index (χ0v) is 14.4. The highest BCUT2D eigenvalue weighted by Gasteiger charge is 2.74. The molecule has 0 aromatic carbocycles. The van der Waals surface area contributed by atoms with E-state index in [0.29, 0.717) is 5.41 Å². The van der Waals surface area contributed by atoms with E-state index < -0.39 is 0 Å². The Bertz CT molecular complexity index is 508. The Morgan fingerprint density at radius 3 is 1.65 bits per heavy atom. The molecule has 0 N–H and O–H groups in total. The minimum atomic E-state index is -0.0593. The van der Waals surface area contributed by atoms with Crippen molar-refractivity contribution in [2.45, 2.75) is 76.7 Å². The summed E-state index contributed by atoms with van der Waals surface area (Å²) in [6, 6.07) is 0. The first-order valence-electron chi connectivity index (χ1n) is 10.3. The van der Waals surface area contributed by atoms with E-state index in [4.69, 9.17) is 4.74 Å². The number of ether oxygens (including phenoxy) is 1. The smallest absolute Gasteiger partial charge is 0.303 e. The third kappa shape index (κ3) is 1.51. The topological polar surface area (TPSA) is 26.3 Å². The Kier molecular flexibility index (Phi) is 2.49. The Morgan fingerprint density at radius 2 is 1.17 bits per heavy atom. The van der Waals surface area contributed by atoms with Crippen molar-refractivity contribution >= 4 is 5.97 Å². The van der Waals surface area contributed by atoms with Crippen LogP contribution in [0.25, 0.3) is 0 Å². The van der Waals surface area contributed by atoms with Crippen molar-refractivity contribution in [1.82, 2.24) is 0 Å². The number of rotatable bonds is 1. The standard InChI is InChI=1S/C21H30O2/c1-12(22)23-20-10-15-3-16(11-20)9-19(8-15)21(20)17-4-13-2-14(6-17)7-18(21)5-13/h13-19H,2-11H2,1H3/t13?,14?,15-,16+,17?,18?,19?,20?,21?. The van der Waals surface area contributed by atoms with Gasteiger partial charge in [0.1, 0.15) is 5.60 Å². The van der Waals surface area contributed by atoms with Crippen molar-refractivity contribution in [2.75, 3.05) is 0 Å². The summed E-state index contributed by atoms with van der Waals surface area (Å²) in [5, 5.41) is 0. The van der Waals surface area contributed by atoms with Crippen LogP contribution in [0.5, 0.6) is 0 Å². The lowest BCUT2D eigenvalue weighted by Gasteiger charge is -2.75. The normalized spacial score (nSPS) is 61.3. The molecule has 8 bridgehead atoms. The van der Waals surface area contributed by atoms with Crippen LogP contribution in [0.15, 0.2) is 0 Å². The van der Waals surface area contributed by atoms with Crippen LogP contribution in [0.4, 0.5) is 0 Å². The molecule has 8 fully saturated rings. The fourth-order valence-corrected chi connectivity index (χ4v) is 9.85. The van der Waals surface area contributed by atoms with E-state index in [1.54, 1.807) is 6.92 Å². The summed E-state index contributed by atoms with van der Waals surface area (Å²) in [6.07, 6.45) is 14.1. The van der Waals surface area contributed by atoms with E-state index in [2.05, 4.69) is 0 Å². The van der Waals surface area contributed by atoms with Gasteiger partial charge in [-0.1, -0.05) is 0 Å². The first kappa shape index (κ1) is 13.7. The van der Waals surface area contributed by atoms with Gasteiger partial charge in [0.25, 0.3) is 0 Å². The molecule has 0 heterocycles. The van der Waals surface area contributed by atoms with Gasteiger partial charge in [-0.25, -0.2) is 0 Å². The van der Waals surface area contributed by atoms with E-state index in [-0.39, 0.29) is 11.6 Å². The first-order valence-corrected chi connectivity index (χ1v) is 10.3. The zero-order valence-electron chi connectivity index (χ0n) is 14.4. The molecule has 0 aromatic heterocycles. The molecule has 0 aliphatic heterocycles. The SMILES string of the molecule is CC(=O)OC12C[C@@H]3CC(C[C@@H](C3)C1)C21C2CC3CC(C2)CC1C3. The molecular weight excluding hydrogens is 284 g/mol. The fourth-order valence-electron chi connectivity index (χ4n) is 9.85. The average molecular weight is 314 g/mol. The molecular formula is C21H30O2.